The van der Waals surface area contributed by atoms with E-state index in [0.717, 1.165) is 11.4 Å². The standard InChI is InChI=1S/C42H26N2S/c1-2-10-27(11-3-1)28-18-20-29(21-19-28)43(30-22-25-40-35(26-30)32-13-6-9-17-39(32)45-40)38-24-23-33-31-12-4-7-15-36(31)44-37-16-8-5-14-34(37)41(38)42(33)44/h1-26H. The van der Waals surface area contributed by atoms with E-state index in [4.69, 9.17) is 0 Å². The Hall–Kier alpha value is -5.64. The van der Waals surface area contributed by atoms with Crippen molar-refractivity contribution in [1.82, 2.24) is 4.40 Å². The third-order valence-corrected chi connectivity index (χ3v) is 10.5. The molecule has 10 aromatic rings. The molecule has 3 heteroatoms. The molecule has 10 rings (SSSR count). The summed E-state index contributed by atoms with van der Waals surface area (Å²) in [4.78, 5) is 2.46. The van der Waals surface area contributed by atoms with Crippen LogP contribution in [0.15, 0.2) is 158 Å². The molecule has 0 aliphatic rings. The number of para-hydroxylation sites is 2. The highest BCUT2D eigenvalue weighted by atomic mass is 32.1. The van der Waals surface area contributed by atoms with Crippen LogP contribution in [0.1, 0.15) is 0 Å². The Balaban J connectivity index is 1.29. The first-order valence-electron chi connectivity index (χ1n) is 15.4. The maximum atomic E-state index is 2.46. The summed E-state index contributed by atoms with van der Waals surface area (Å²) in [5.74, 6) is 0. The van der Waals surface area contributed by atoms with Crippen LogP contribution in [-0.4, -0.2) is 4.40 Å². The minimum Gasteiger partial charge on any atom is -0.310 e. The van der Waals surface area contributed by atoms with E-state index >= 15 is 0 Å². The molecule has 0 atom stereocenters. The van der Waals surface area contributed by atoms with Gasteiger partial charge in [0.2, 0.25) is 0 Å². The molecule has 3 aromatic heterocycles. The topological polar surface area (TPSA) is 7.65 Å². The number of hydrogen-bond acceptors (Lipinski definition) is 2. The van der Waals surface area contributed by atoms with Crippen molar-refractivity contribution in [2.24, 2.45) is 0 Å². The van der Waals surface area contributed by atoms with E-state index in [1.165, 1.54) is 75.1 Å². The van der Waals surface area contributed by atoms with Crippen LogP contribution in [0.5, 0.6) is 0 Å². The Morgan fingerprint density at radius 1 is 0.422 bits per heavy atom. The molecule has 0 saturated carbocycles. The molecule has 2 nitrogen and oxygen atoms in total. The number of fused-ring (bicyclic) bond motifs is 9. The molecule has 0 bridgehead atoms. The Morgan fingerprint density at radius 3 is 1.87 bits per heavy atom. The van der Waals surface area contributed by atoms with Crippen LogP contribution < -0.4 is 4.90 Å². The normalized spacial score (nSPS) is 12.0. The smallest absolute Gasteiger partial charge is 0.0641 e. The number of rotatable bonds is 4. The molecular weight excluding hydrogens is 565 g/mol. The van der Waals surface area contributed by atoms with Gasteiger partial charge in [-0.2, -0.15) is 0 Å². The fraction of sp³-hybridized carbons (Fsp3) is 0. The lowest BCUT2D eigenvalue weighted by molar-refractivity contribution is 1.31. The highest BCUT2D eigenvalue weighted by Crippen LogP contribution is 2.48. The molecule has 0 N–H and O–H groups in total. The van der Waals surface area contributed by atoms with Crippen LogP contribution in [0.4, 0.5) is 17.1 Å². The summed E-state index contributed by atoms with van der Waals surface area (Å²) >= 11 is 1.86. The van der Waals surface area contributed by atoms with Gasteiger partial charge in [-0.25, -0.2) is 0 Å². The first-order valence-corrected chi connectivity index (χ1v) is 16.2. The summed E-state index contributed by atoms with van der Waals surface area (Å²) in [5.41, 5.74) is 9.68. The van der Waals surface area contributed by atoms with Crippen LogP contribution in [0.3, 0.4) is 0 Å². The Bertz CT molecular complexity index is 2700. The van der Waals surface area contributed by atoms with Crippen molar-refractivity contribution in [1.29, 1.82) is 0 Å². The molecule has 3 heterocycles. The summed E-state index contributed by atoms with van der Waals surface area (Å²) in [7, 11) is 0. The van der Waals surface area contributed by atoms with Crippen LogP contribution in [0.25, 0.3) is 69.4 Å². The summed E-state index contributed by atoms with van der Waals surface area (Å²) in [5, 5.41) is 7.74. The summed E-state index contributed by atoms with van der Waals surface area (Å²) in [6.45, 7) is 0. The SMILES string of the molecule is c1ccc(-c2ccc(N(c3ccc4sc5ccccc5c4c3)c3ccc4c5ccccc5n5c6ccccc6c3c45)cc2)cc1. The van der Waals surface area contributed by atoms with E-state index in [-0.39, 0.29) is 0 Å². The van der Waals surface area contributed by atoms with Gasteiger partial charge in [-0.05, 0) is 65.7 Å². The fourth-order valence-electron chi connectivity index (χ4n) is 7.34. The van der Waals surface area contributed by atoms with Gasteiger partial charge >= 0.3 is 0 Å². The largest absolute Gasteiger partial charge is 0.310 e. The molecule has 45 heavy (non-hydrogen) atoms. The predicted molar refractivity (Wildman–Crippen MR) is 194 cm³/mol. The summed E-state index contributed by atoms with van der Waals surface area (Å²) in [6.07, 6.45) is 0. The minimum atomic E-state index is 1.14. The number of aromatic nitrogens is 1. The number of benzene rings is 7. The monoisotopic (exact) mass is 590 g/mol. The Kier molecular flexibility index (Phi) is 5.19. The zero-order valence-corrected chi connectivity index (χ0v) is 25.1. The Labute approximate surface area is 264 Å². The average Bonchev–Trinajstić information content (AvgIpc) is 3.76. The van der Waals surface area contributed by atoms with E-state index in [1.54, 1.807) is 0 Å². The maximum absolute atomic E-state index is 2.46. The van der Waals surface area contributed by atoms with E-state index in [2.05, 4.69) is 167 Å². The van der Waals surface area contributed by atoms with Crippen LogP contribution >= 0.6 is 11.3 Å². The predicted octanol–water partition coefficient (Wildman–Crippen LogP) is 12.3. The second-order valence-electron chi connectivity index (χ2n) is 11.8. The number of anilines is 3. The third-order valence-electron chi connectivity index (χ3n) is 9.32. The lowest BCUT2D eigenvalue weighted by Crippen LogP contribution is -2.10. The van der Waals surface area contributed by atoms with E-state index in [9.17, 15) is 0 Å². The summed E-state index contributed by atoms with van der Waals surface area (Å²) < 4.78 is 5.09. The fourth-order valence-corrected chi connectivity index (χ4v) is 8.43. The molecular formula is C42H26N2S. The maximum Gasteiger partial charge on any atom is 0.0641 e. The van der Waals surface area contributed by atoms with Gasteiger partial charge in [0.05, 0.1) is 22.2 Å². The minimum absolute atomic E-state index is 1.14. The Morgan fingerprint density at radius 2 is 1.04 bits per heavy atom. The number of hydrogen-bond donors (Lipinski definition) is 0. The molecule has 0 spiro atoms. The van der Waals surface area contributed by atoms with E-state index in [0.29, 0.717) is 0 Å². The van der Waals surface area contributed by atoms with Crippen molar-refractivity contribution in [3.8, 4) is 11.1 Å². The van der Waals surface area contributed by atoms with Crippen molar-refractivity contribution >= 4 is 86.7 Å². The van der Waals surface area contributed by atoms with Crippen LogP contribution in [0.2, 0.25) is 0 Å². The van der Waals surface area contributed by atoms with Crippen molar-refractivity contribution in [2.45, 2.75) is 0 Å². The molecule has 0 aliphatic heterocycles. The number of thiophene rings is 1. The highest BCUT2D eigenvalue weighted by Gasteiger charge is 2.24. The quantitative estimate of drug-likeness (QED) is 0.198. The second kappa shape index (κ2) is 9.43. The van der Waals surface area contributed by atoms with Gasteiger partial charge in [-0.3, -0.25) is 0 Å². The lowest BCUT2D eigenvalue weighted by Gasteiger charge is -2.27. The van der Waals surface area contributed by atoms with Crippen molar-refractivity contribution in [2.75, 3.05) is 4.90 Å². The van der Waals surface area contributed by atoms with Gasteiger partial charge in [-0.1, -0.05) is 103 Å². The van der Waals surface area contributed by atoms with Crippen LogP contribution in [0, 0.1) is 0 Å². The van der Waals surface area contributed by atoms with Gasteiger partial charge < -0.3 is 9.30 Å². The zero-order valence-electron chi connectivity index (χ0n) is 24.3. The first-order chi connectivity index (χ1) is 22.3. The zero-order chi connectivity index (χ0) is 29.5. The van der Waals surface area contributed by atoms with Gasteiger partial charge in [-0.15, -0.1) is 11.3 Å². The second-order valence-corrected chi connectivity index (χ2v) is 12.8. The molecule has 0 aliphatic carbocycles. The molecule has 210 valence electrons. The number of nitrogens with zero attached hydrogens (tertiary/aromatic N) is 2. The van der Waals surface area contributed by atoms with Crippen LogP contribution in [-0.2, 0) is 0 Å². The molecule has 0 saturated heterocycles. The van der Waals surface area contributed by atoms with Gasteiger partial charge in [0.1, 0.15) is 0 Å². The molecule has 0 unspecified atom stereocenters. The summed E-state index contributed by atoms with van der Waals surface area (Å²) in [6, 6.07) is 57.7. The molecule has 0 radical (unpaired) electrons. The molecule has 7 aromatic carbocycles. The van der Waals surface area contributed by atoms with E-state index < -0.39 is 0 Å². The molecule has 0 fully saturated rings. The first kappa shape index (κ1) is 24.8. The van der Waals surface area contributed by atoms with Gasteiger partial charge in [0.25, 0.3) is 0 Å². The van der Waals surface area contributed by atoms with E-state index in [1.807, 2.05) is 11.3 Å². The van der Waals surface area contributed by atoms with Gasteiger partial charge in [0.15, 0.2) is 0 Å². The lowest BCUT2D eigenvalue weighted by atomic mass is 10.0. The molecule has 0 amide bonds. The van der Waals surface area contributed by atoms with Crippen molar-refractivity contribution in [3.63, 3.8) is 0 Å². The average molecular weight is 591 g/mol. The van der Waals surface area contributed by atoms with Crippen molar-refractivity contribution in [3.05, 3.63) is 158 Å². The highest BCUT2D eigenvalue weighted by molar-refractivity contribution is 7.25. The van der Waals surface area contributed by atoms with Gasteiger partial charge in [0, 0.05) is 53.1 Å². The third kappa shape index (κ3) is 3.56. The van der Waals surface area contributed by atoms with Crippen molar-refractivity contribution < 1.29 is 0 Å².